The number of para-hydroxylation sites is 1. The van der Waals surface area contributed by atoms with Gasteiger partial charge in [-0.1, -0.05) is 48.5 Å². The van der Waals surface area contributed by atoms with Crippen LogP contribution >= 0.6 is 0 Å². The lowest BCUT2D eigenvalue weighted by atomic mass is 9.85. The summed E-state index contributed by atoms with van der Waals surface area (Å²) in [6.45, 7) is 6.70. The predicted octanol–water partition coefficient (Wildman–Crippen LogP) is 6.24. The second-order valence-corrected chi connectivity index (χ2v) is 14.5. The molecule has 1 saturated heterocycles. The first-order valence-electron chi connectivity index (χ1n) is 15.3. The Morgan fingerprint density at radius 1 is 0.864 bits per heavy atom. The van der Waals surface area contributed by atoms with E-state index in [1.165, 1.54) is 0 Å². The number of nitrogens with zero attached hydrogens (tertiary/aromatic N) is 2. The van der Waals surface area contributed by atoms with Crippen molar-refractivity contribution in [3.05, 3.63) is 78.4 Å². The Morgan fingerprint density at radius 2 is 1.55 bits per heavy atom. The van der Waals surface area contributed by atoms with Gasteiger partial charge in [-0.3, -0.25) is 4.79 Å². The number of fused-ring (bicyclic) bond motifs is 3. The molecule has 1 saturated carbocycles. The minimum Gasteiger partial charge on any atom is -0.456 e. The van der Waals surface area contributed by atoms with Gasteiger partial charge in [0.15, 0.2) is 0 Å². The summed E-state index contributed by atoms with van der Waals surface area (Å²) in [5, 5.41) is 1.64. The van der Waals surface area contributed by atoms with E-state index in [1.54, 1.807) is 23.1 Å². The van der Waals surface area contributed by atoms with Crippen LogP contribution in [-0.4, -0.2) is 61.5 Å². The first-order valence-corrected chi connectivity index (χ1v) is 16.7. The molecule has 9 nitrogen and oxygen atoms in total. The number of piperazine rings is 1. The van der Waals surface area contributed by atoms with Crippen molar-refractivity contribution in [1.29, 1.82) is 0 Å². The Balaban J connectivity index is 1.11. The number of hydrogen-bond acceptors (Lipinski definition) is 6. The normalized spacial score (nSPS) is 21.5. The molecule has 2 aliphatic rings. The van der Waals surface area contributed by atoms with Gasteiger partial charge in [0.25, 0.3) is 0 Å². The van der Waals surface area contributed by atoms with Crippen LogP contribution < -0.4 is 4.72 Å². The highest BCUT2D eigenvalue weighted by Crippen LogP contribution is 2.34. The molecule has 6 rings (SSSR count). The zero-order valence-electron chi connectivity index (χ0n) is 25.4. The van der Waals surface area contributed by atoms with E-state index >= 15 is 0 Å². The molecule has 10 heteroatoms. The number of nitrogens with one attached hydrogen (secondary N) is 1. The van der Waals surface area contributed by atoms with Gasteiger partial charge in [0.2, 0.25) is 15.9 Å². The fourth-order valence-electron chi connectivity index (χ4n) is 6.35. The first-order chi connectivity index (χ1) is 21.0. The zero-order chi connectivity index (χ0) is 31.1. The van der Waals surface area contributed by atoms with Gasteiger partial charge in [0.1, 0.15) is 16.8 Å². The summed E-state index contributed by atoms with van der Waals surface area (Å²) >= 11 is 0. The minimum absolute atomic E-state index is 0.0567. The molecule has 44 heavy (non-hydrogen) atoms. The van der Waals surface area contributed by atoms with Crippen molar-refractivity contribution in [2.24, 2.45) is 5.92 Å². The molecule has 4 aromatic rings. The third-order valence-corrected chi connectivity index (χ3v) is 10.1. The van der Waals surface area contributed by atoms with E-state index in [0.717, 1.165) is 16.3 Å². The molecule has 2 fully saturated rings. The monoisotopic (exact) mass is 617 g/mol. The maximum atomic E-state index is 13.9. The lowest BCUT2D eigenvalue weighted by Gasteiger charge is -2.43. The average molecular weight is 618 g/mol. The Bertz CT molecular complexity index is 1770. The van der Waals surface area contributed by atoms with Gasteiger partial charge in [-0.15, -0.1) is 0 Å². The molecule has 0 spiro atoms. The Morgan fingerprint density at radius 3 is 2.27 bits per heavy atom. The smallest absolute Gasteiger partial charge is 0.410 e. The number of amides is 2. The fraction of sp³-hybridized carbons (Fsp3) is 0.412. The molecular weight excluding hydrogens is 578 g/mol. The molecule has 2 amide bonds. The van der Waals surface area contributed by atoms with E-state index in [0.29, 0.717) is 56.5 Å². The van der Waals surface area contributed by atoms with E-state index in [1.807, 2.05) is 80.3 Å². The van der Waals surface area contributed by atoms with Crippen LogP contribution in [0.3, 0.4) is 0 Å². The maximum absolute atomic E-state index is 13.9. The topological polar surface area (TPSA) is 109 Å². The van der Waals surface area contributed by atoms with Gasteiger partial charge < -0.3 is 19.0 Å². The van der Waals surface area contributed by atoms with Crippen molar-refractivity contribution < 1.29 is 27.2 Å². The van der Waals surface area contributed by atoms with E-state index in [4.69, 9.17) is 9.15 Å². The number of sulfonamides is 1. The van der Waals surface area contributed by atoms with Gasteiger partial charge in [-0.25, -0.2) is 17.9 Å². The highest BCUT2D eigenvalue weighted by Gasteiger charge is 2.39. The quantitative estimate of drug-likeness (QED) is 0.284. The second-order valence-electron chi connectivity index (χ2n) is 12.8. The fourth-order valence-corrected chi connectivity index (χ4v) is 7.68. The van der Waals surface area contributed by atoms with Crippen LogP contribution in [0.2, 0.25) is 0 Å². The molecule has 2 heterocycles. The van der Waals surface area contributed by atoms with E-state index in [9.17, 15) is 18.0 Å². The SMILES string of the molecule is CC(C)(C)OC(=O)N1CCN(C(=O)C2CCC(NS(=O)(=O)c3ccc4oc5ccccc5c4c3)CC2)C(c2ccccc2)C1. The number of benzene rings is 3. The van der Waals surface area contributed by atoms with Gasteiger partial charge in [-0.2, -0.15) is 0 Å². The molecule has 1 N–H and O–H groups in total. The third kappa shape index (κ3) is 6.32. The highest BCUT2D eigenvalue weighted by atomic mass is 32.2. The summed E-state index contributed by atoms with van der Waals surface area (Å²) in [5.74, 6) is -0.148. The van der Waals surface area contributed by atoms with Crippen LogP contribution in [0.15, 0.2) is 82.1 Å². The highest BCUT2D eigenvalue weighted by molar-refractivity contribution is 7.89. The number of rotatable bonds is 5. The summed E-state index contributed by atoms with van der Waals surface area (Å²) in [6, 6.07) is 21.8. The Hall–Kier alpha value is -3.89. The molecule has 232 valence electrons. The van der Waals surface area contributed by atoms with Crippen molar-refractivity contribution in [3.63, 3.8) is 0 Å². The van der Waals surface area contributed by atoms with Crippen molar-refractivity contribution >= 4 is 44.0 Å². The Labute approximate surface area is 258 Å². The van der Waals surface area contributed by atoms with Crippen molar-refractivity contribution in [2.45, 2.75) is 69.0 Å². The lowest BCUT2D eigenvalue weighted by Crippen LogP contribution is -2.54. The lowest BCUT2D eigenvalue weighted by molar-refractivity contribution is -0.142. The van der Waals surface area contributed by atoms with Crippen molar-refractivity contribution in [2.75, 3.05) is 19.6 Å². The summed E-state index contributed by atoms with van der Waals surface area (Å²) in [6.07, 6.45) is 1.94. The summed E-state index contributed by atoms with van der Waals surface area (Å²) in [4.78, 5) is 30.6. The number of carbonyl (C=O) groups excluding carboxylic acids is 2. The number of furan rings is 1. The van der Waals surface area contributed by atoms with E-state index < -0.39 is 15.6 Å². The third-order valence-electron chi connectivity index (χ3n) is 8.56. The van der Waals surface area contributed by atoms with Gasteiger partial charge in [-0.05, 0) is 76.3 Å². The van der Waals surface area contributed by atoms with Crippen LogP contribution in [-0.2, 0) is 19.6 Å². The number of carbonyl (C=O) groups is 2. The van der Waals surface area contributed by atoms with Crippen molar-refractivity contribution in [3.8, 4) is 0 Å². The molecule has 0 bridgehead atoms. The largest absolute Gasteiger partial charge is 0.456 e. The van der Waals surface area contributed by atoms with Gasteiger partial charge >= 0.3 is 6.09 Å². The molecular formula is C34H39N3O6S. The average Bonchev–Trinajstić information content (AvgIpc) is 3.38. The van der Waals surface area contributed by atoms with Crippen molar-refractivity contribution in [1.82, 2.24) is 14.5 Å². The van der Waals surface area contributed by atoms with E-state index in [2.05, 4.69) is 4.72 Å². The number of hydrogen-bond donors (Lipinski definition) is 1. The predicted molar refractivity (Wildman–Crippen MR) is 168 cm³/mol. The molecule has 1 aliphatic carbocycles. The van der Waals surface area contributed by atoms with Gasteiger partial charge in [0, 0.05) is 42.4 Å². The van der Waals surface area contributed by atoms with Crippen LogP contribution in [0, 0.1) is 5.92 Å². The second kappa shape index (κ2) is 11.9. The molecule has 1 unspecified atom stereocenters. The molecule has 1 atom stereocenters. The molecule has 0 radical (unpaired) electrons. The summed E-state index contributed by atoms with van der Waals surface area (Å²) < 4.78 is 41.1. The van der Waals surface area contributed by atoms with Gasteiger partial charge in [0.05, 0.1) is 10.9 Å². The van der Waals surface area contributed by atoms with Crippen LogP contribution in [0.1, 0.15) is 58.1 Å². The number of ether oxygens (including phenoxy) is 1. The van der Waals surface area contributed by atoms with Crippen LogP contribution in [0.4, 0.5) is 4.79 Å². The summed E-state index contributed by atoms with van der Waals surface area (Å²) in [7, 11) is -3.76. The molecule has 1 aromatic heterocycles. The molecule has 1 aliphatic heterocycles. The zero-order valence-corrected chi connectivity index (χ0v) is 26.2. The first kappa shape index (κ1) is 30.1. The standard InChI is InChI=1S/C34H39N3O6S/c1-34(2,3)43-33(39)36-19-20-37(29(22-36)23-9-5-4-6-10-23)32(38)24-13-15-25(16-14-24)35-44(40,41)26-17-18-31-28(21-26)27-11-7-8-12-30(27)42-31/h4-12,17-18,21,24-25,29,35H,13-16,19-20,22H2,1-3H3. The van der Waals surface area contributed by atoms with Crippen LogP contribution in [0.25, 0.3) is 21.9 Å². The summed E-state index contributed by atoms with van der Waals surface area (Å²) in [5.41, 5.74) is 1.73. The Kier molecular flexibility index (Phi) is 8.15. The van der Waals surface area contributed by atoms with Crippen LogP contribution in [0.5, 0.6) is 0 Å². The molecule has 3 aromatic carbocycles. The minimum atomic E-state index is -3.76. The van der Waals surface area contributed by atoms with E-state index in [-0.39, 0.29) is 34.9 Å². The maximum Gasteiger partial charge on any atom is 0.410 e.